The van der Waals surface area contributed by atoms with Crippen LogP contribution in [0.15, 0.2) is 48.5 Å². The van der Waals surface area contributed by atoms with Crippen LogP contribution in [0.4, 0.5) is 14.9 Å². The van der Waals surface area contributed by atoms with E-state index in [2.05, 4.69) is 10.6 Å². The number of piperidine rings is 1. The maximum absolute atomic E-state index is 13.4. The molecule has 0 unspecified atom stereocenters. The Morgan fingerprint density at radius 2 is 1.81 bits per heavy atom. The Kier molecular flexibility index (Phi) is 7.64. The van der Waals surface area contributed by atoms with E-state index in [1.165, 1.54) is 16.4 Å². The molecule has 168 valence electrons. The van der Waals surface area contributed by atoms with Crippen LogP contribution >= 0.6 is 0 Å². The fourth-order valence-corrected chi connectivity index (χ4v) is 5.15. The highest BCUT2D eigenvalue weighted by Crippen LogP contribution is 2.23. The van der Waals surface area contributed by atoms with E-state index in [0.29, 0.717) is 38.2 Å². The fraction of sp³-hybridized carbons (Fsp3) is 0.409. The Hall–Kier alpha value is -2.49. The van der Waals surface area contributed by atoms with E-state index in [4.69, 9.17) is 0 Å². The summed E-state index contributed by atoms with van der Waals surface area (Å²) in [6.45, 7) is 1.25. The smallest absolute Gasteiger partial charge is 0.321 e. The summed E-state index contributed by atoms with van der Waals surface area (Å²) in [5, 5.41) is 5.73. The molecule has 3 rings (SSSR count). The fourth-order valence-electron chi connectivity index (χ4n) is 3.66. The molecule has 2 aromatic rings. The minimum absolute atomic E-state index is 0.0256. The van der Waals surface area contributed by atoms with Crippen LogP contribution in [0.1, 0.15) is 12.8 Å². The number of urea groups is 1. The Morgan fingerprint density at radius 3 is 2.42 bits per heavy atom. The van der Waals surface area contributed by atoms with Gasteiger partial charge in [0.25, 0.3) is 0 Å². The second-order valence-corrected chi connectivity index (χ2v) is 9.77. The molecule has 1 fully saturated rings. The SMILES string of the molecule is CNCCS(=O)(=O)N1CCC(N(C)C(=O)Nc2ccc(-c3cccc(F)c3)cc2)CC1. The number of anilines is 1. The quantitative estimate of drug-likeness (QED) is 0.682. The highest BCUT2D eigenvalue weighted by molar-refractivity contribution is 7.89. The topological polar surface area (TPSA) is 81.8 Å². The zero-order valence-corrected chi connectivity index (χ0v) is 18.7. The average molecular weight is 449 g/mol. The average Bonchev–Trinajstić information content (AvgIpc) is 2.78. The Balaban J connectivity index is 1.54. The summed E-state index contributed by atoms with van der Waals surface area (Å²) in [5.41, 5.74) is 2.27. The molecule has 2 N–H and O–H groups in total. The monoisotopic (exact) mass is 448 g/mol. The molecule has 0 saturated carbocycles. The highest BCUT2D eigenvalue weighted by atomic mass is 32.2. The number of nitrogens with zero attached hydrogens (tertiary/aromatic N) is 2. The lowest BCUT2D eigenvalue weighted by Gasteiger charge is -2.36. The maximum Gasteiger partial charge on any atom is 0.321 e. The van der Waals surface area contributed by atoms with Crippen LogP contribution in [0.25, 0.3) is 11.1 Å². The van der Waals surface area contributed by atoms with Crippen LogP contribution in [0, 0.1) is 5.82 Å². The predicted molar refractivity (Wildman–Crippen MR) is 121 cm³/mol. The van der Waals surface area contributed by atoms with E-state index in [9.17, 15) is 17.6 Å². The third-order valence-corrected chi connectivity index (χ3v) is 7.46. The molecule has 1 heterocycles. The molecule has 0 radical (unpaired) electrons. The molecule has 7 nitrogen and oxygen atoms in total. The number of hydrogen-bond donors (Lipinski definition) is 2. The van der Waals surface area contributed by atoms with Gasteiger partial charge in [0.05, 0.1) is 5.75 Å². The van der Waals surface area contributed by atoms with Crippen molar-refractivity contribution in [2.45, 2.75) is 18.9 Å². The second kappa shape index (κ2) is 10.2. The van der Waals surface area contributed by atoms with Gasteiger partial charge in [-0.2, -0.15) is 0 Å². The predicted octanol–water partition coefficient (Wildman–Crippen LogP) is 2.97. The number of rotatable bonds is 7. The zero-order valence-electron chi connectivity index (χ0n) is 17.8. The van der Waals surface area contributed by atoms with Gasteiger partial charge in [0, 0.05) is 38.4 Å². The molecule has 31 heavy (non-hydrogen) atoms. The largest absolute Gasteiger partial charge is 0.325 e. The summed E-state index contributed by atoms with van der Waals surface area (Å²) < 4.78 is 39.6. The van der Waals surface area contributed by atoms with Gasteiger partial charge in [-0.3, -0.25) is 0 Å². The molecule has 2 aromatic carbocycles. The molecule has 9 heteroatoms. The van der Waals surface area contributed by atoms with Crippen molar-refractivity contribution in [3.05, 3.63) is 54.3 Å². The van der Waals surface area contributed by atoms with Crippen molar-refractivity contribution in [1.29, 1.82) is 0 Å². The van der Waals surface area contributed by atoms with Crippen molar-refractivity contribution < 1.29 is 17.6 Å². The highest BCUT2D eigenvalue weighted by Gasteiger charge is 2.30. The first-order chi connectivity index (χ1) is 14.8. The van der Waals surface area contributed by atoms with Gasteiger partial charge < -0.3 is 15.5 Å². The third kappa shape index (κ3) is 6.03. The molecule has 2 amide bonds. The first-order valence-electron chi connectivity index (χ1n) is 10.3. The van der Waals surface area contributed by atoms with Crippen molar-refractivity contribution in [2.24, 2.45) is 0 Å². The standard InChI is InChI=1S/C22H29FN4O3S/c1-24-12-15-31(29,30)27-13-10-21(11-14-27)26(2)22(28)25-20-8-6-17(7-9-20)18-4-3-5-19(23)16-18/h3-9,16,21,24H,10-15H2,1-2H3,(H,25,28). The van der Waals surface area contributed by atoms with Crippen molar-refractivity contribution in [3.63, 3.8) is 0 Å². The number of hydrogen-bond acceptors (Lipinski definition) is 4. The summed E-state index contributed by atoms with van der Waals surface area (Å²) in [7, 11) is 0.190. The van der Waals surface area contributed by atoms with Crippen LogP contribution in [-0.2, 0) is 10.0 Å². The number of sulfonamides is 1. The van der Waals surface area contributed by atoms with Gasteiger partial charge in [0.1, 0.15) is 5.82 Å². The minimum atomic E-state index is -3.26. The van der Waals surface area contributed by atoms with Crippen molar-refractivity contribution in [1.82, 2.24) is 14.5 Å². The molecule has 1 saturated heterocycles. The number of carbonyl (C=O) groups is 1. The van der Waals surface area contributed by atoms with Gasteiger partial charge in [-0.25, -0.2) is 21.9 Å². The number of amides is 2. The van der Waals surface area contributed by atoms with Crippen LogP contribution in [0.3, 0.4) is 0 Å². The number of nitrogens with one attached hydrogen (secondary N) is 2. The van der Waals surface area contributed by atoms with Crippen LogP contribution in [-0.4, -0.2) is 69.2 Å². The first kappa shape index (κ1) is 23.2. The van der Waals surface area contributed by atoms with E-state index >= 15 is 0 Å². The normalized spacial score (nSPS) is 15.6. The van der Waals surface area contributed by atoms with Gasteiger partial charge in [-0.1, -0.05) is 24.3 Å². The molecule has 0 aliphatic carbocycles. The summed E-state index contributed by atoms with van der Waals surface area (Å²) in [6.07, 6.45) is 1.20. The van der Waals surface area contributed by atoms with Gasteiger partial charge in [-0.05, 0) is 55.3 Å². The lowest BCUT2D eigenvalue weighted by atomic mass is 10.1. The van der Waals surface area contributed by atoms with Crippen LogP contribution < -0.4 is 10.6 Å². The lowest BCUT2D eigenvalue weighted by Crippen LogP contribution is -2.49. The van der Waals surface area contributed by atoms with Gasteiger partial charge in [-0.15, -0.1) is 0 Å². The van der Waals surface area contributed by atoms with Crippen LogP contribution in [0.2, 0.25) is 0 Å². The number of halogens is 1. The summed E-state index contributed by atoms with van der Waals surface area (Å²) in [4.78, 5) is 14.3. The van der Waals surface area contributed by atoms with E-state index in [-0.39, 0.29) is 23.6 Å². The third-order valence-electron chi connectivity index (χ3n) is 5.59. The van der Waals surface area contributed by atoms with E-state index in [0.717, 1.165) is 11.1 Å². The van der Waals surface area contributed by atoms with Crippen molar-refractivity contribution in [2.75, 3.05) is 44.8 Å². The molecule has 1 aliphatic heterocycles. The van der Waals surface area contributed by atoms with Crippen LogP contribution in [0.5, 0.6) is 0 Å². The maximum atomic E-state index is 13.4. The Bertz CT molecular complexity index is 990. The number of carbonyl (C=O) groups excluding carboxylic acids is 1. The van der Waals surface area contributed by atoms with E-state index in [1.807, 2.05) is 18.2 Å². The Labute approximate surface area is 183 Å². The van der Waals surface area contributed by atoms with Gasteiger partial charge in [0.2, 0.25) is 10.0 Å². The first-order valence-corrected chi connectivity index (χ1v) is 11.9. The molecule has 0 spiro atoms. The Morgan fingerprint density at radius 1 is 1.13 bits per heavy atom. The summed E-state index contributed by atoms with van der Waals surface area (Å²) >= 11 is 0. The zero-order chi connectivity index (χ0) is 22.4. The lowest BCUT2D eigenvalue weighted by molar-refractivity contribution is 0.174. The molecular formula is C22H29FN4O3S. The molecular weight excluding hydrogens is 419 g/mol. The van der Waals surface area contributed by atoms with E-state index in [1.54, 1.807) is 37.2 Å². The minimum Gasteiger partial charge on any atom is -0.325 e. The second-order valence-electron chi connectivity index (χ2n) is 7.68. The van der Waals surface area contributed by atoms with Gasteiger partial charge in [0.15, 0.2) is 0 Å². The van der Waals surface area contributed by atoms with Crippen molar-refractivity contribution >= 4 is 21.7 Å². The van der Waals surface area contributed by atoms with Crippen molar-refractivity contribution in [3.8, 4) is 11.1 Å². The molecule has 0 bridgehead atoms. The molecule has 1 aliphatic rings. The summed E-state index contributed by atoms with van der Waals surface area (Å²) in [5.74, 6) is -0.215. The van der Waals surface area contributed by atoms with Gasteiger partial charge >= 0.3 is 6.03 Å². The van der Waals surface area contributed by atoms with E-state index < -0.39 is 10.0 Å². The molecule has 0 atom stereocenters. The molecule has 0 aromatic heterocycles. The number of benzene rings is 2. The summed E-state index contributed by atoms with van der Waals surface area (Å²) in [6, 6.07) is 13.3.